The molecule has 0 bridgehead atoms. The first-order valence-corrected chi connectivity index (χ1v) is 7.02. The lowest BCUT2D eigenvalue weighted by molar-refractivity contribution is -0.385. The van der Waals surface area contributed by atoms with Gasteiger partial charge in [-0.2, -0.15) is 0 Å². The van der Waals surface area contributed by atoms with Crippen LogP contribution in [-0.2, 0) is 4.74 Å². The van der Waals surface area contributed by atoms with Crippen molar-refractivity contribution in [2.45, 2.75) is 14.4 Å². The normalized spacial score (nSPS) is 9.70. The number of benzene rings is 2. The van der Waals surface area contributed by atoms with E-state index in [-0.39, 0.29) is 30.2 Å². The van der Waals surface area contributed by atoms with Crippen molar-refractivity contribution < 1.29 is 19.2 Å². The Balaban J connectivity index is 0.00000264. The number of rotatable bonds is 4. The van der Waals surface area contributed by atoms with Gasteiger partial charge in [-0.25, -0.2) is 4.79 Å². The Labute approximate surface area is 142 Å². The van der Waals surface area contributed by atoms with Crippen molar-refractivity contribution in [2.24, 2.45) is 0 Å². The molecule has 6 nitrogen and oxygen atoms in total. The summed E-state index contributed by atoms with van der Waals surface area (Å²) in [6, 6.07) is 9.34. The third-order valence-electron chi connectivity index (χ3n) is 2.88. The molecule has 0 aliphatic carbocycles. The van der Waals surface area contributed by atoms with Crippen LogP contribution in [0.5, 0.6) is 11.5 Å². The molecule has 0 unspecified atom stereocenters. The van der Waals surface area contributed by atoms with Crippen molar-refractivity contribution in [3.05, 3.63) is 62.1 Å². The Morgan fingerprint density at radius 1 is 1.17 bits per heavy atom. The van der Waals surface area contributed by atoms with Gasteiger partial charge in [0.15, 0.2) is 0 Å². The maximum absolute atomic E-state index is 11.8. The molecule has 7 heteroatoms. The minimum atomic E-state index is -0.592. The number of ether oxygens (including phenoxy) is 2. The fourth-order valence-corrected chi connectivity index (χ4v) is 2.20. The number of hydrogen-bond donors (Lipinski definition) is 0. The van der Waals surface area contributed by atoms with Crippen molar-refractivity contribution in [3.8, 4) is 11.5 Å². The number of aryl methyl sites for hydroxylation is 1. The Morgan fingerprint density at radius 2 is 1.83 bits per heavy atom. The first-order chi connectivity index (χ1) is 10.4. The highest BCUT2D eigenvalue weighted by Crippen LogP contribution is 2.34. The Bertz CT molecular complexity index is 745. The quantitative estimate of drug-likeness (QED) is 0.428. The zero-order chi connectivity index (χ0) is 16.3. The van der Waals surface area contributed by atoms with Crippen molar-refractivity contribution in [2.75, 3.05) is 7.11 Å². The van der Waals surface area contributed by atoms with Gasteiger partial charge in [0.05, 0.1) is 12.0 Å². The predicted octanol–water partition coefficient (Wildman–Crippen LogP) is 4.88. The molecule has 0 saturated heterocycles. The summed E-state index contributed by atoms with van der Waals surface area (Å²) >= 11 is 3.25. The van der Waals surface area contributed by atoms with Crippen LogP contribution in [0.3, 0.4) is 0 Å². The lowest BCUT2D eigenvalue weighted by Crippen LogP contribution is -2.04. The van der Waals surface area contributed by atoms with Gasteiger partial charge in [-0.3, -0.25) is 10.1 Å². The molecule has 0 aliphatic heterocycles. The number of carbonyl (C=O) groups excluding carboxylic acids is 1. The van der Waals surface area contributed by atoms with Crippen LogP contribution in [0.2, 0.25) is 0 Å². The molecule has 122 valence electrons. The fourth-order valence-electron chi connectivity index (χ4n) is 1.84. The van der Waals surface area contributed by atoms with Crippen molar-refractivity contribution in [1.29, 1.82) is 0 Å². The van der Waals surface area contributed by atoms with E-state index in [0.29, 0.717) is 4.47 Å². The second-order valence-corrected chi connectivity index (χ2v) is 5.38. The van der Waals surface area contributed by atoms with E-state index in [1.165, 1.54) is 25.3 Å². The monoisotopic (exact) mass is 381 g/mol. The highest BCUT2D eigenvalue weighted by Gasteiger charge is 2.20. The standard InChI is InChI=1S/C15H12BrNO5.CH4/c1-9-3-5-14(12(7-9)17(19)20)22-13-6-4-10(16)8-11(13)15(18)21-2;/h3-8H,1-2H3;1H4. The number of nitrogens with zero attached hydrogens (tertiary/aromatic N) is 1. The molecule has 0 radical (unpaired) electrons. The zero-order valence-electron chi connectivity index (χ0n) is 11.8. The highest BCUT2D eigenvalue weighted by molar-refractivity contribution is 9.10. The number of nitro groups is 1. The summed E-state index contributed by atoms with van der Waals surface area (Å²) in [5, 5.41) is 11.1. The van der Waals surface area contributed by atoms with Crippen LogP contribution in [0, 0.1) is 17.0 Å². The average molecular weight is 382 g/mol. The molecule has 0 heterocycles. The van der Waals surface area contributed by atoms with Crippen LogP contribution in [-0.4, -0.2) is 18.0 Å². The van der Waals surface area contributed by atoms with Crippen molar-refractivity contribution in [3.63, 3.8) is 0 Å². The molecule has 0 N–H and O–H groups in total. The van der Waals surface area contributed by atoms with Gasteiger partial charge in [-0.05, 0) is 36.8 Å². The summed E-state index contributed by atoms with van der Waals surface area (Å²) < 4.78 is 10.9. The van der Waals surface area contributed by atoms with Crippen LogP contribution in [0.25, 0.3) is 0 Å². The average Bonchev–Trinajstić information content (AvgIpc) is 2.49. The van der Waals surface area contributed by atoms with E-state index < -0.39 is 10.9 Å². The molecule has 2 rings (SSSR count). The first-order valence-electron chi connectivity index (χ1n) is 6.23. The van der Waals surface area contributed by atoms with E-state index in [0.717, 1.165) is 5.56 Å². The minimum Gasteiger partial charge on any atom is -0.465 e. The second-order valence-electron chi connectivity index (χ2n) is 4.46. The molecule has 0 atom stereocenters. The summed E-state index contributed by atoms with van der Waals surface area (Å²) in [5.41, 5.74) is 0.744. The minimum absolute atomic E-state index is 0. The van der Waals surface area contributed by atoms with Crippen molar-refractivity contribution >= 4 is 27.6 Å². The van der Waals surface area contributed by atoms with Crippen LogP contribution < -0.4 is 4.74 Å². The van der Waals surface area contributed by atoms with Crippen LogP contribution in [0.15, 0.2) is 40.9 Å². The Hall–Kier alpha value is -2.41. The van der Waals surface area contributed by atoms with Crippen LogP contribution in [0.1, 0.15) is 23.3 Å². The molecular formula is C16H16BrNO5. The van der Waals surface area contributed by atoms with E-state index in [9.17, 15) is 14.9 Å². The lowest BCUT2D eigenvalue weighted by Gasteiger charge is -2.11. The third kappa shape index (κ3) is 4.29. The number of methoxy groups -OCH3 is 1. The van der Waals surface area contributed by atoms with E-state index in [4.69, 9.17) is 9.47 Å². The zero-order valence-corrected chi connectivity index (χ0v) is 13.4. The summed E-state index contributed by atoms with van der Waals surface area (Å²) in [4.78, 5) is 22.4. The van der Waals surface area contributed by atoms with Gasteiger partial charge in [0, 0.05) is 10.5 Å². The van der Waals surface area contributed by atoms with Crippen molar-refractivity contribution in [1.82, 2.24) is 0 Å². The van der Waals surface area contributed by atoms with Gasteiger partial charge in [0.1, 0.15) is 11.3 Å². The Kier molecular flexibility index (Phi) is 6.27. The summed E-state index contributed by atoms with van der Waals surface area (Å²) in [6.45, 7) is 1.75. The van der Waals surface area contributed by atoms with Gasteiger partial charge >= 0.3 is 11.7 Å². The number of nitro benzene ring substituents is 1. The lowest BCUT2D eigenvalue weighted by atomic mass is 10.2. The molecule has 0 amide bonds. The summed E-state index contributed by atoms with van der Waals surface area (Å²) in [5.74, 6) is -0.351. The molecule has 2 aromatic carbocycles. The maximum Gasteiger partial charge on any atom is 0.341 e. The molecule has 0 saturated carbocycles. The molecule has 0 spiro atoms. The van der Waals surface area contributed by atoms with Gasteiger partial charge < -0.3 is 9.47 Å². The van der Waals surface area contributed by atoms with E-state index >= 15 is 0 Å². The smallest absolute Gasteiger partial charge is 0.341 e. The van der Waals surface area contributed by atoms with Gasteiger partial charge in [-0.1, -0.05) is 29.4 Å². The number of hydrogen-bond acceptors (Lipinski definition) is 5. The van der Waals surface area contributed by atoms with E-state index in [1.807, 2.05) is 0 Å². The molecule has 23 heavy (non-hydrogen) atoms. The molecule has 0 aliphatic rings. The highest BCUT2D eigenvalue weighted by atomic mass is 79.9. The van der Waals surface area contributed by atoms with Crippen LogP contribution in [0.4, 0.5) is 5.69 Å². The molecule has 2 aromatic rings. The number of esters is 1. The SMILES string of the molecule is C.COC(=O)c1cc(Br)ccc1Oc1ccc(C)cc1[N+](=O)[O-]. The molecule has 0 fully saturated rings. The topological polar surface area (TPSA) is 78.7 Å². The van der Waals surface area contributed by atoms with Gasteiger partial charge in [0.25, 0.3) is 0 Å². The van der Waals surface area contributed by atoms with Gasteiger partial charge in [-0.15, -0.1) is 0 Å². The van der Waals surface area contributed by atoms with Crippen LogP contribution >= 0.6 is 15.9 Å². The summed E-state index contributed by atoms with van der Waals surface area (Å²) in [7, 11) is 1.25. The predicted molar refractivity (Wildman–Crippen MR) is 90.1 cm³/mol. The summed E-state index contributed by atoms with van der Waals surface area (Å²) in [6.07, 6.45) is 0. The van der Waals surface area contributed by atoms with E-state index in [1.54, 1.807) is 25.1 Å². The molecule has 0 aromatic heterocycles. The maximum atomic E-state index is 11.8. The largest absolute Gasteiger partial charge is 0.465 e. The molecular weight excluding hydrogens is 366 g/mol. The third-order valence-corrected chi connectivity index (χ3v) is 3.37. The second kappa shape index (κ2) is 7.73. The fraction of sp³-hybridized carbons (Fsp3) is 0.188. The van der Waals surface area contributed by atoms with E-state index in [2.05, 4.69) is 15.9 Å². The Morgan fingerprint density at radius 3 is 2.43 bits per heavy atom. The van der Waals surface area contributed by atoms with Gasteiger partial charge in [0.2, 0.25) is 5.75 Å². The first kappa shape index (κ1) is 18.6. The number of halogens is 1. The number of carbonyl (C=O) groups is 1.